The van der Waals surface area contributed by atoms with Crippen LogP contribution in [0.1, 0.15) is 42.7 Å². The average Bonchev–Trinajstić information content (AvgIpc) is 3.17. The van der Waals surface area contributed by atoms with Gasteiger partial charge in [-0.1, -0.05) is 56.3 Å². The molecule has 0 fully saturated rings. The summed E-state index contributed by atoms with van der Waals surface area (Å²) >= 11 is 0. The Morgan fingerprint density at radius 1 is 0.912 bits per heavy atom. The number of fused-ring (bicyclic) bond motifs is 1. The molecule has 2 heterocycles. The Morgan fingerprint density at radius 2 is 1.53 bits per heavy atom. The third-order valence-electron chi connectivity index (χ3n) is 4.95. The van der Waals surface area contributed by atoms with Gasteiger partial charge in [0.1, 0.15) is 15.5 Å². The van der Waals surface area contributed by atoms with Gasteiger partial charge in [-0.05, 0) is 36.6 Å². The first-order valence-corrected chi connectivity index (χ1v) is 14.2. The SMILES string of the molecule is CCCS(=O)(=O)c1c(S(=O)(=O)CCC)c2ccccn2c1C(=O)NN=C/C=C\c1ccccc1. The smallest absolute Gasteiger partial charge is 0.289 e. The van der Waals surface area contributed by atoms with Gasteiger partial charge in [0, 0.05) is 12.4 Å². The van der Waals surface area contributed by atoms with Gasteiger partial charge < -0.3 is 4.40 Å². The molecule has 0 aliphatic carbocycles. The first-order valence-electron chi connectivity index (χ1n) is 10.9. The third kappa shape index (κ3) is 5.45. The molecule has 0 atom stereocenters. The van der Waals surface area contributed by atoms with Crippen molar-refractivity contribution < 1.29 is 21.6 Å². The van der Waals surface area contributed by atoms with Gasteiger partial charge in [0.25, 0.3) is 5.91 Å². The van der Waals surface area contributed by atoms with Gasteiger partial charge in [0.15, 0.2) is 19.7 Å². The molecule has 0 aliphatic rings. The molecule has 0 saturated heterocycles. The van der Waals surface area contributed by atoms with E-state index in [1.54, 1.807) is 38.1 Å². The minimum atomic E-state index is -4.08. The lowest BCUT2D eigenvalue weighted by atomic mass is 10.2. The standard InChI is InChI=1S/C24H27N3O5S2/c1-3-17-33(29,30)22-20-14-8-9-16-27(20)21(23(22)34(31,32)18-4-2)24(28)26-25-15-10-13-19-11-6-5-7-12-19/h5-16H,3-4,17-18H2,1-2H3,(H,26,28)/b13-10-,25-15?. The highest BCUT2D eigenvalue weighted by molar-refractivity contribution is 7.94. The van der Waals surface area contributed by atoms with Crippen LogP contribution in [-0.2, 0) is 19.7 Å². The van der Waals surface area contributed by atoms with Gasteiger partial charge in [-0.2, -0.15) is 5.10 Å². The number of hydrogen-bond donors (Lipinski definition) is 1. The quantitative estimate of drug-likeness (QED) is 0.336. The van der Waals surface area contributed by atoms with Crippen molar-refractivity contribution in [2.45, 2.75) is 36.5 Å². The largest absolute Gasteiger partial charge is 0.310 e. The van der Waals surface area contributed by atoms with Crippen molar-refractivity contribution in [1.82, 2.24) is 9.83 Å². The van der Waals surface area contributed by atoms with Gasteiger partial charge in [-0.15, -0.1) is 0 Å². The molecular weight excluding hydrogens is 474 g/mol. The number of aromatic nitrogens is 1. The van der Waals surface area contributed by atoms with E-state index in [1.807, 2.05) is 30.3 Å². The minimum absolute atomic E-state index is 0.142. The number of rotatable bonds is 10. The number of benzene rings is 1. The number of carbonyl (C=O) groups is 1. The molecular formula is C24H27N3O5S2. The Kier molecular flexibility index (Phi) is 8.06. The van der Waals surface area contributed by atoms with Crippen LogP contribution >= 0.6 is 0 Å². The van der Waals surface area contributed by atoms with Crippen LogP contribution in [0.3, 0.4) is 0 Å². The van der Waals surface area contributed by atoms with Crippen LogP contribution in [0.4, 0.5) is 0 Å². The van der Waals surface area contributed by atoms with Crippen molar-refractivity contribution in [3.8, 4) is 0 Å². The second-order valence-corrected chi connectivity index (χ2v) is 11.7. The zero-order valence-electron chi connectivity index (χ0n) is 19.0. The molecule has 0 saturated carbocycles. The molecule has 8 nitrogen and oxygen atoms in total. The van der Waals surface area contributed by atoms with Crippen molar-refractivity contribution in [3.05, 3.63) is 72.1 Å². The fourth-order valence-corrected chi connectivity index (χ4v) is 7.59. The summed E-state index contributed by atoms with van der Waals surface area (Å²) < 4.78 is 54.0. The second kappa shape index (κ2) is 10.8. The third-order valence-corrected chi connectivity index (χ3v) is 9.03. The topological polar surface area (TPSA) is 114 Å². The monoisotopic (exact) mass is 501 g/mol. The fraction of sp³-hybridized carbons (Fsp3) is 0.250. The molecule has 1 aromatic carbocycles. The number of carbonyl (C=O) groups excluding carboxylic acids is 1. The van der Waals surface area contributed by atoms with Crippen LogP contribution in [0.15, 0.2) is 75.7 Å². The summed E-state index contributed by atoms with van der Waals surface area (Å²) in [4.78, 5) is 12.3. The summed E-state index contributed by atoms with van der Waals surface area (Å²) in [6, 6.07) is 14.2. The van der Waals surface area contributed by atoms with E-state index in [1.165, 1.54) is 22.9 Å². The van der Waals surface area contributed by atoms with Crippen LogP contribution in [0.2, 0.25) is 0 Å². The van der Waals surface area contributed by atoms with E-state index in [0.717, 1.165) is 5.56 Å². The first kappa shape index (κ1) is 25.4. The Bertz CT molecular complexity index is 1440. The van der Waals surface area contributed by atoms with Crippen LogP contribution in [0.25, 0.3) is 11.6 Å². The summed E-state index contributed by atoms with van der Waals surface area (Å²) in [5, 5.41) is 3.88. The van der Waals surface area contributed by atoms with E-state index >= 15 is 0 Å². The molecule has 2 aromatic heterocycles. The normalized spacial score (nSPS) is 12.6. The predicted molar refractivity (Wildman–Crippen MR) is 134 cm³/mol. The highest BCUT2D eigenvalue weighted by Gasteiger charge is 2.36. The van der Waals surface area contributed by atoms with Crippen LogP contribution in [0, 0.1) is 0 Å². The van der Waals surface area contributed by atoms with Crippen molar-refractivity contribution in [1.29, 1.82) is 0 Å². The lowest BCUT2D eigenvalue weighted by molar-refractivity contribution is 0.0945. The van der Waals surface area contributed by atoms with Crippen molar-refractivity contribution in [3.63, 3.8) is 0 Å². The lowest BCUT2D eigenvalue weighted by Gasteiger charge is -2.08. The lowest BCUT2D eigenvalue weighted by Crippen LogP contribution is -2.23. The number of allylic oxidation sites excluding steroid dienone is 1. The van der Waals surface area contributed by atoms with E-state index < -0.39 is 30.5 Å². The molecule has 1 N–H and O–H groups in total. The van der Waals surface area contributed by atoms with E-state index in [0.29, 0.717) is 6.42 Å². The van der Waals surface area contributed by atoms with Crippen molar-refractivity contribution >= 4 is 43.4 Å². The molecule has 1 amide bonds. The zero-order valence-corrected chi connectivity index (χ0v) is 20.6. The maximum atomic E-state index is 13.2. The summed E-state index contributed by atoms with van der Waals surface area (Å²) in [6.45, 7) is 3.37. The second-order valence-electron chi connectivity index (χ2n) is 7.59. The predicted octanol–water partition coefficient (Wildman–Crippen LogP) is 3.74. The van der Waals surface area contributed by atoms with Gasteiger partial charge in [0.05, 0.1) is 17.0 Å². The summed E-state index contributed by atoms with van der Waals surface area (Å²) in [7, 11) is -8.05. The molecule has 0 bridgehead atoms. The maximum Gasteiger partial charge on any atom is 0.289 e. The van der Waals surface area contributed by atoms with Crippen LogP contribution in [0.5, 0.6) is 0 Å². The number of nitrogens with zero attached hydrogens (tertiary/aromatic N) is 2. The number of pyridine rings is 1. The number of amides is 1. The summed E-state index contributed by atoms with van der Waals surface area (Å²) in [5.41, 5.74) is 3.14. The molecule has 0 aliphatic heterocycles. The Morgan fingerprint density at radius 3 is 2.18 bits per heavy atom. The van der Waals surface area contributed by atoms with E-state index in [4.69, 9.17) is 0 Å². The molecule has 180 valence electrons. The van der Waals surface area contributed by atoms with Crippen LogP contribution in [-0.4, -0.2) is 44.9 Å². The fourth-order valence-electron chi connectivity index (χ4n) is 3.61. The van der Waals surface area contributed by atoms with E-state index in [9.17, 15) is 21.6 Å². The Hall–Kier alpha value is -3.24. The summed E-state index contributed by atoms with van der Waals surface area (Å²) in [6.07, 6.45) is 6.81. The molecule has 0 spiro atoms. The highest BCUT2D eigenvalue weighted by Crippen LogP contribution is 2.34. The van der Waals surface area contributed by atoms with Crippen molar-refractivity contribution in [2.24, 2.45) is 5.10 Å². The molecule has 3 aromatic rings. The molecule has 0 radical (unpaired) electrons. The van der Waals surface area contributed by atoms with E-state index in [-0.39, 0.29) is 34.0 Å². The molecule has 10 heteroatoms. The van der Waals surface area contributed by atoms with Gasteiger partial charge >= 0.3 is 0 Å². The highest BCUT2D eigenvalue weighted by atomic mass is 32.2. The van der Waals surface area contributed by atoms with Crippen LogP contribution < -0.4 is 5.43 Å². The number of nitrogens with one attached hydrogen (secondary N) is 1. The Balaban J connectivity index is 2.10. The first-order chi connectivity index (χ1) is 16.2. The molecule has 34 heavy (non-hydrogen) atoms. The van der Waals surface area contributed by atoms with Gasteiger partial charge in [-0.25, -0.2) is 22.3 Å². The number of sulfone groups is 2. The number of hydrogen-bond acceptors (Lipinski definition) is 6. The summed E-state index contributed by atoms with van der Waals surface area (Å²) in [5.74, 6) is -1.35. The van der Waals surface area contributed by atoms with Crippen molar-refractivity contribution in [2.75, 3.05) is 11.5 Å². The average molecular weight is 502 g/mol. The van der Waals surface area contributed by atoms with E-state index in [2.05, 4.69) is 10.5 Å². The molecule has 3 rings (SSSR count). The zero-order chi connectivity index (χ0) is 24.8. The van der Waals surface area contributed by atoms with Gasteiger partial charge in [-0.3, -0.25) is 4.79 Å². The maximum absolute atomic E-state index is 13.2. The molecule has 0 unspecified atom stereocenters. The Labute approximate surface area is 199 Å². The van der Waals surface area contributed by atoms with Gasteiger partial charge in [0.2, 0.25) is 0 Å². The minimum Gasteiger partial charge on any atom is -0.310 e. The number of hydrazone groups is 1.